The third-order valence-corrected chi connectivity index (χ3v) is 3.17. The lowest BCUT2D eigenvalue weighted by molar-refractivity contribution is 0.0594. The Morgan fingerprint density at radius 1 is 1.47 bits per heavy atom. The molecule has 94 valence electrons. The van der Waals surface area contributed by atoms with Gasteiger partial charge in [0.2, 0.25) is 0 Å². The second-order valence-electron chi connectivity index (χ2n) is 4.34. The lowest BCUT2D eigenvalue weighted by Gasteiger charge is -2.28. The van der Waals surface area contributed by atoms with Gasteiger partial charge < -0.3 is 20.0 Å². The van der Waals surface area contributed by atoms with Crippen LogP contribution in [0.5, 0.6) is 0 Å². The minimum absolute atomic E-state index is 0.0274. The maximum absolute atomic E-state index is 12.2. The number of hydrogen-bond acceptors (Lipinski definition) is 3. The molecule has 0 saturated carbocycles. The molecule has 17 heavy (non-hydrogen) atoms. The third-order valence-electron chi connectivity index (χ3n) is 3.17. The highest BCUT2D eigenvalue weighted by atomic mass is 16.3. The highest BCUT2D eigenvalue weighted by Gasteiger charge is 2.26. The van der Waals surface area contributed by atoms with Crippen molar-refractivity contribution in [2.75, 3.05) is 13.2 Å². The fourth-order valence-electron chi connectivity index (χ4n) is 2.24. The molecule has 2 heterocycles. The molecule has 1 fully saturated rings. The van der Waals surface area contributed by atoms with Crippen molar-refractivity contribution in [2.45, 2.75) is 31.7 Å². The van der Waals surface area contributed by atoms with Crippen molar-refractivity contribution in [2.24, 2.45) is 0 Å². The van der Waals surface area contributed by atoms with Gasteiger partial charge in [-0.1, -0.05) is 12.8 Å². The van der Waals surface area contributed by atoms with E-state index in [-0.39, 0.29) is 29.9 Å². The highest BCUT2D eigenvalue weighted by molar-refractivity contribution is 5.92. The van der Waals surface area contributed by atoms with Crippen LogP contribution in [-0.2, 0) is 0 Å². The van der Waals surface area contributed by atoms with Crippen molar-refractivity contribution in [1.29, 1.82) is 0 Å². The summed E-state index contributed by atoms with van der Waals surface area (Å²) in [6, 6.07) is -0.136. The summed E-state index contributed by atoms with van der Waals surface area (Å²) in [7, 11) is 0. The second kappa shape index (κ2) is 5.18. The molecule has 1 aliphatic rings. The van der Waals surface area contributed by atoms with E-state index in [2.05, 4.69) is 9.97 Å². The zero-order valence-electron chi connectivity index (χ0n) is 9.61. The Balaban J connectivity index is 2.18. The van der Waals surface area contributed by atoms with E-state index in [1.165, 1.54) is 6.20 Å². The lowest BCUT2D eigenvalue weighted by atomic mass is 10.1. The van der Waals surface area contributed by atoms with E-state index >= 15 is 0 Å². The molecule has 0 radical (unpaired) electrons. The van der Waals surface area contributed by atoms with E-state index in [1.54, 1.807) is 4.90 Å². The first-order valence-corrected chi connectivity index (χ1v) is 5.92. The molecule has 1 aromatic rings. The average molecular weight is 239 g/mol. The van der Waals surface area contributed by atoms with Crippen LogP contribution in [0, 0.1) is 0 Å². The van der Waals surface area contributed by atoms with Gasteiger partial charge in [-0.15, -0.1) is 0 Å². The predicted octanol–water partition coefficient (Wildman–Crippen LogP) is 0.0801. The van der Waals surface area contributed by atoms with Gasteiger partial charge in [0.25, 0.3) is 5.91 Å². The SMILES string of the molecule is O=C(c1c[nH]c(=O)[nH]1)N1CCCCCC1CO. The summed E-state index contributed by atoms with van der Waals surface area (Å²) >= 11 is 0. The van der Waals surface area contributed by atoms with E-state index in [0.29, 0.717) is 6.54 Å². The summed E-state index contributed by atoms with van der Waals surface area (Å²) in [6.45, 7) is 0.609. The molecule has 0 aromatic carbocycles. The first-order valence-electron chi connectivity index (χ1n) is 5.92. The second-order valence-corrected chi connectivity index (χ2v) is 4.34. The molecular weight excluding hydrogens is 222 g/mol. The van der Waals surface area contributed by atoms with Crippen molar-refractivity contribution in [1.82, 2.24) is 14.9 Å². The molecule has 1 saturated heterocycles. The molecule has 6 nitrogen and oxygen atoms in total. The van der Waals surface area contributed by atoms with Crippen LogP contribution in [0.1, 0.15) is 36.2 Å². The molecular formula is C11H17N3O3. The van der Waals surface area contributed by atoms with Crippen LogP contribution in [0.15, 0.2) is 11.0 Å². The molecule has 0 spiro atoms. The fraction of sp³-hybridized carbons (Fsp3) is 0.636. The quantitative estimate of drug-likeness (QED) is 0.682. The maximum Gasteiger partial charge on any atom is 0.323 e. The molecule has 3 N–H and O–H groups in total. The maximum atomic E-state index is 12.2. The normalized spacial score (nSPS) is 21.2. The van der Waals surface area contributed by atoms with Crippen LogP contribution in [0.4, 0.5) is 0 Å². The first-order chi connectivity index (χ1) is 8.22. The number of amides is 1. The van der Waals surface area contributed by atoms with E-state index in [1.807, 2.05) is 0 Å². The first kappa shape index (κ1) is 11.9. The number of likely N-dealkylation sites (tertiary alicyclic amines) is 1. The fourth-order valence-corrected chi connectivity index (χ4v) is 2.24. The Bertz CT molecular complexity index is 437. The predicted molar refractivity (Wildman–Crippen MR) is 61.8 cm³/mol. The largest absolute Gasteiger partial charge is 0.394 e. The molecule has 1 aliphatic heterocycles. The molecule has 0 bridgehead atoms. The van der Waals surface area contributed by atoms with Gasteiger partial charge in [0.05, 0.1) is 12.6 Å². The molecule has 2 rings (SSSR count). The number of carbonyl (C=O) groups excluding carboxylic acids is 1. The Kier molecular flexibility index (Phi) is 3.63. The average Bonchev–Trinajstić information content (AvgIpc) is 2.64. The Morgan fingerprint density at radius 2 is 2.29 bits per heavy atom. The van der Waals surface area contributed by atoms with Gasteiger partial charge in [-0.3, -0.25) is 4.79 Å². The number of rotatable bonds is 2. The molecule has 1 atom stereocenters. The minimum Gasteiger partial charge on any atom is -0.394 e. The van der Waals surface area contributed by atoms with Crippen LogP contribution in [-0.4, -0.2) is 45.1 Å². The number of carbonyl (C=O) groups is 1. The van der Waals surface area contributed by atoms with Gasteiger partial charge in [-0.05, 0) is 12.8 Å². The molecule has 1 aromatic heterocycles. The summed E-state index contributed by atoms with van der Waals surface area (Å²) in [5.41, 5.74) is -0.126. The third kappa shape index (κ3) is 2.58. The van der Waals surface area contributed by atoms with Gasteiger partial charge in [-0.25, -0.2) is 4.79 Å². The van der Waals surface area contributed by atoms with Crippen LogP contribution >= 0.6 is 0 Å². The number of aliphatic hydroxyl groups is 1. The summed E-state index contributed by atoms with van der Waals surface area (Å²) in [5.74, 6) is -0.218. The number of H-pyrrole nitrogens is 2. The summed E-state index contributed by atoms with van der Waals surface area (Å²) in [5, 5.41) is 9.31. The Morgan fingerprint density at radius 3 is 2.94 bits per heavy atom. The number of nitrogens with one attached hydrogen (secondary N) is 2. The zero-order chi connectivity index (χ0) is 12.3. The van der Waals surface area contributed by atoms with Gasteiger partial charge in [0.15, 0.2) is 0 Å². The van der Waals surface area contributed by atoms with Crippen molar-refractivity contribution in [3.8, 4) is 0 Å². The van der Waals surface area contributed by atoms with Crippen molar-refractivity contribution < 1.29 is 9.90 Å². The van der Waals surface area contributed by atoms with Gasteiger partial charge in [0.1, 0.15) is 5.69 Å². The molecule has 1 unspecified atom stereocenters. The van der Waals surface area contributed by atoms with Crippen LogP contribution in [0.2, 0.25) is 0 Å². The molecule has 1 amide bonds. The summed E-state index contributed by atoms with van der Waals surface area (Å²) < 4.78 is 0. The Hall–Kier alpha value is -1.56. The lowest BCUT2D eigenvalue weighted by Crippen LogP contribution is -2.42. The van der Waals surface area contributed by atoms with E-state index in [4.69, 9.17) is 0 Å². The summed E-state index contributed by atoms with van der Waals surface area (Å²) in [4.78, 5) is 29.7. The van der Waals surface area contributed by atoms with Crippen molar-refractivity contribution >= 4 is 5.91 Å². The van der Waals surface area contributed by atoms with Gasteiger partial charge in [0, 0.05) is 12.7 Å². The molecule has 6 heteroatoms. The monoisotopic (exact) mass is 239 g/mol. The van der Waals surface area contributed by atoms with Crippen molar-refractivity contribution in [3.05, 3.63) is 22.4 Å². The number of aromatic nitrogens is 2. The number of aliphatic hydroxyl groups excluding tert-OH is 1. The highest BCUT2D eigenvalue weighted by Crippen LogP contribution is 2.18. The number of aromatic amines is 2. The van der Waals surface area contributed by atoms with E-state index in [0.717, 1.165) is 25.7 Å². The van der Waals surface area contributed by atoms with E-state index in [9.17, 15) is 14.7 Å². The minimum atomic E-state index is -0.385. The zero-order valence-corrected chi connectivity index (χ0v) is 9.61. The standard InChI is InChI=1S/C11H17N3O3/c15-7-8-4-2-1-3-5-14(8)10(16)9-6-12-11(17)13-9/h6,8,15H,1-5,7H2,(H2,12,13,17). The topological polar surface area (TPSA) is 89.2 Å². The molecule has 0 aliphatic carbocycles. The van der Waals surface area contributed by atoms with Crippen LogP contribution < -0.4 is 5.69 Å². The Labute approximate surface area is 98.7 Å². The summed E-state index contributed by atoms with van der Waals surface area (Å²) in [6.07, 6.45) is 5.24. The van der Waals surface area contributed by atoms with Gasteiger partial charge >= 0.3 is 5.69 Å². The number of nitrogens with zero attached hydrogens (tertiary/aromatic N) is 1. The smallest absolute Gasteiger partial charge is 0.323 e. The van der Waals surface area contributed by atoms with Crippen molar-refractivity contribution in [3.63, 3.8) is 0 Å². The van der Waals surface area contributed by atoms with Gasteiger partial charge in [-0.2, -0.15) is 0 Å². The number of imidazole rings is 1. The number of hydrogen-bond donors (Lipinski definition) is 3. The van der Waals surface area contributed by atoms with Crippen LogP contribution in [0.25, 0.3) is 0 Å². The van der Waals surface area contributed by atoms with E-state index < -0.39 is 0 Å². The van der Waals surface area contributed by atoms with Crippen LogP contribution in [0.3, 0.4) is 0 Å².